The first-order chi connectivity index (χ1) is 9.43. The summed E-state index contributed by atoms with van der Waals surface area (Å²) in [6, 6.07) is 7.18. The molecule has 1 aliphatic heterocycles. The van der Waals surface area contributed by atoms with Gasteiger partial charge in [0.15, 0.2) is 0 Å². The maximum atomic E-state index is 12.0. The standard InChI is InChI=1S/C16H21NO3/c1-4-8-20-15(19)12-7-5-6-11(9-12)13-10-16(2,3)17-14(13)18/h5-7,9,13H,4,8,10H2,1-3H3,(H,17,18). The molecular weight excluding hydrogens is 254 g/mol. The molecule has 1 amide bonds. The lowest BCUT2D eigenvalue weighted by atomic mass is 9.90. The molecule has 4 heteroatoms. The quantitative estimate of drug-likeness (QED) is 0.859. The van der Waals surface area contributed by atoms with E-state index in [1.807, 2.05) is 26.8 Å². The summed E-state index contributed by atoms with van der Waals surface area (Å²) < 4.78 is 5.12. The van der Waals surface area contributed by atoms with Crippen LogP contribution in [-0.4, -0.2) is 24.0 Å². The first-order valence-electron chi connectivity index (χ1n) is 7.02. The van der Waals surface area contributed by atoms with E-state index in [1.54, 1.807) is 18.2 Å². The fourth-order valence-corrected chi connectivity index (χ4v) is 2.50. The Balaban J connectivity index is 2.18. The van der Waals surface area contributed by atoms with Crippen LogP contribution in [0.4, 0.5) is 0 Å². The van der Waals surface area contributed by atoms with Gasteiger partial charge in [0.25, 0.3) is 0 Å². The van der Waals surface area contributed by atoms with E-state index in [1.165, 1.54) is 0 Å². The van der Waals surface area contributed by atoms with Gasteiger partial charge in [-0.15, -0.1) is 0 Å². The van der Waals surface area contributed by atoms with Crippen LogP contribution < -0.4 is 5.32 Å². The van der Waals surface area contributed by atoms with Gasteiger partial charge in [0.1, 0.15) is 0 Å². The lowest BCUT2D eigenvalue weighted by molar-refractivity contribution is -0.120. The summed E-state index contributed by atoms with van der Waals surface area (Å²) in [5.74, 6) is -0.496. The van der Waals surface area contributed by atoms with Crippen LogP contribution in [0, 0.1) is 0 Å². The number of nitrogens with one attached hydrogen (secondary N) is 1. The van der Waals surface area contributed by atoms with E-state index >= 15 is 0 Å². The second-order valence-electron chi connectivity index (χ2n) is 5.89. The molecule has 1 fully saturated rings. The average molecular weight is 275 g/mol. The average Bonchev–Trinajstić information content (AvgIpc) is 2.69. The number of carbonyl (C=O) groups excluding carboxylic acids is 2. The van der Waals surface area contributed by atoms with Crippen molar-refractivity contribution in [1.82, 2.24) is 5.32 Å². The van der Waals surface area contributed by atoms with Crippen LogP contribution in [0.25, 0.3) is 0 Å². The van der Waals surface area contributed by atoms with E-state index in [2.05, 4.69) is 5.32 Å². The largest absolute Gasteiger partial charge is 0.462 e. The first kappa shape index (κ1) is 14.6. The maximum Gasteiger partial charge on any atom is 0.338 e. The summed E-state index contributed by atoms with van der Waals surface area (Å²) in [4.78, 5) is 23.9. The third-order valence-corrected chi connectivity index (χ3v) is 3.45. The molecule has 1 atom stereocenters. The molecule has 1 heterocycles. The summed E-state index contributed by atoms with van der Waals surface area (Å²) in [7, 11) is 0. The Morgan fingerprint density at radius 2 is 2.20 bits per heavy atom. The molecule has 1 saturated heterocycles. The second kappa shape index (κ2) is 5.65. The number of hydrogen-bond donors (Lipinski definition) is 1. The number of ether oxygens (including phenoxy) is 1. The van der Waals surface area contributed by atoms with Gasteiger partial charge in [0.2, 0.25) is 5.91 Å². The molecule has 1 aliphatic rings. The molecule has 0 spiro atoms. The highest BCUT2D eigenvalue weighted by Crippen LogP contribution is 2.32. The number of amides is 1. The lowest BCUT2D eigenvalue weighted by Gasteiger charge is -2.16. The predicted octanol–water partition coefficient (Wildman–Crippen LogP) is 2.64. The smallest absolute Gasteiger partial charge is 0.338 e. The second-order valence-corrected chi connectivity index (χ2v) is 5.89. The molecule has 1 aromatic rings. The van der Waals surface area contributed by atoms with Crippen LogP contribution in [0.1, 0.15) is 55.5 Å². The van der Waals surface area contributed by atoms with Crippen molar-refractivity contribution in [3.8, 4) is 0 Å². The summed E-state index contributed by atoms with van der Waals surface area (Å²) in [5.41, 5.74) is 1.19. The van der Waals surface area contributed by atoms with Gasteiger partial charge in [0, 0.05) is 5.54 Å². The van der Waals surface area contributed by atoms with Gasteiger partial charge in [-0.1, -0.05) is 19.1 Å². The Morgan fingerprint density at radius 1 is 1.45 bits per heavy atom. The van der Waals surface area contributed by atoms with Crippen molar-refractivity contribution in [2.45, 2.75) is 45.1 Å². The van der Waals surface area contributed by atoms with E-state index in [4.69, 9.17) is 4.74 Å². The number of carbonyl (C=O) groups is 2. The van der Waals surface area contributed by atoms with Crippen molar-refractivity contribution in [3.63, 3.8) is 0 Å². The minimum Gasteiger partial charge on any atom is -0.462 e. The number of hydrogen-bond acceptors (Lipinski definition) is 3. The third kappa shape index (κ3) is 3.18. The first-order valence-corrected chi connectivity index (χ1v) is 7.02. The minimum absolute atomic E-state index is 0.0223. The normalized spacial score (nSPS) is 20.6. The highest BCUT2D eigenvalue weighted by molar-refractivity contribution is 5.91. The molecule has 0 aliphatic carbocycles. The molecule has 4 nitrogen and oxygen atoms in total. The van der Waals surface area contributed by atoms with E-state index < -0.39 is 0 Å². The van der Waals surface area contributed by atoms with Crippen molar-refractivity contribution in [3.05, 3.63) is 35.4 Å². The fourth-order valence-electron chi connectivity index (χ4n) is 2.50. The van der Waals surface area contributed by atoms with Crippen molar-refractivity contribution in [1.29, 1.82) is 0 Å². The molecule has 0 bridgehead atoms. The van der Waals surface area contributed by atoms with Crippen LogP contribution in [0.2, 0.25) is 0 Å². The topological polar surface area (TPSA) is 55.4 Å². The van der Waals surface area contributed by atoms with E-state index in [9.17, 15) is 9.59 Å². The molecule has 2 rings (SSSR count). The Morgan fingerprint density at radius 3 is 2.80 bits per heavy atom. The number of rotatable bonds is 4. The summed E-state index contributed by atoms with van der Waals surface area (Å²) in [5, 5.41) is 2.97. The predicted molar refractivity (Wildman–Crippen MR) is 76.6 cm³/mol. The van der Waals surface area contributed by atoms with Crippen LogP contribution in [0.15, 0.2) is 24.3 Å². The van der Waals surface area contributed by atoms with E-state index in [0.717, 1.165) is 18.4 Å². The summed E-state index contributed by atoms with van der Waals surface area (Å²) >= 11 is 0. The number of esters is 1. The zero-order chi connectivity index (χ0) is 14.8. The van der Waals surface area contributed by atoms with Gasteiger partial charge in [-0.3, -0.25) is 4.79 Å². The SMILES string of the molecule is CCCOC(=O)c1cccc(C2CC(C)(C)NC2=O)c1. The zero-order valence-corrected chi connectivity index (χ0v) is 12.2. The fraction of sp³-hybridized carbons (Fsp3) is 0.500. The highest BCUT2D eigenvalue weighted by atomic mass is 16.5. The summed E-state index contributed by atoms with van der Waals surface area (Å²) in [6.07, 6.45) is 1.53. The molecule has 0 radical (unpaired) electrons. The Bertz CT molecular complexity index is 522. The van der Waals surface area contributed by atoms with Gasteiger partial charge in [-0.2, -0.15) is 0 Å². The monoisotopic (exact) mass is 275 g/mol. The van der Waals surface area contributed by atoms with Crippen LogP contribution >= 0.6 is 0 Å². The zero-order valence-electron chi connectivity index (χ0n) is 12.2. The highest BCUT2D eigenvalue weighted by Gasteiger charge is 2.38. The molecule has 1 unspecified atom stereocenters. The van der Waals surface area contributed by atoms with Crippen molar-refractivity contribution in [2.24, 2.45) is 0 Å². The molecule has 108 valence electrons. The van der Waals surface area contributed by atoms with E-state index in [0.29, 0.717) is 12.2 Å². The molecule has 0 aromatic heterocycles. The molecule has 0 saturated carbocycles. The summed E-state index contributed by atoms with van der Waals surface area (Å²) in [6.45, 7) is 6.38. The van der Waals surface area contributed by atoms with Gasteiger partial charge >= 0.3 is 5.97 Å². The third-order valence-electron chi connectivity index (χ3n) is 3.45. The molecule has 1 N–H and O–H groups in total. The van der Waals surface area contributed by atoms with Gasteiger partial charge in [-0.05, 0) is 44.4 Å². The van der Waals surface area contributed by atoms with Crippen LogP contribution in [0.5, 0.6) is 0 Å². The van der Waals surface area contributed by atoms with Crippen molar-refractivity contribution >= 4 is 11.9 Å². The van der Waals surface area contributed by atoms with Gasteiger partial charge in [-0.25, -0.2) is 4.79 Å². The Kier molecular flexibility index (Phi) is 4.12. The van der Waals surface area contributed by atoms with Gasteiger partial charge < -0.3 is 10.1 Å². The molecule has 20 heavy (non-hydrogen) atoms. The Labute approximate surface area is 119 Å². The van der Waals surface area contributed by atoms with Crippen molar-refractivity contribution in [2.75, 3.05) is 6.61 Å². The van der Waals surface area contributed by atoms with Crippen molar-refractivity contribution < 1.29 is 14.3 Å². The Hall–Kier alpha value is -1.84. The molecular formula is C16H21NO3. The molecule has 1 aromatic carbocycles. The van der Waals surface area contributed by atoms with Crippen LogP contribution in [0.3, 0.4) is 0 Å². The van der Waals surface area contributed by atoms with E-state index in [-0.39, 0.29) is 23.3 Å². The van der Waals surface area contributed by atoms with Gasteiger partial charge in [0.05, 0.1) is 18.1 Å². The minimum atomic E-state index is -0.327. The van der Waals surface area contributed by atoms with Crippen LogP contribution in [-0.2, 0) is 9.53 Å². The maximum absolute atomic E-state index is 12.0. The lowest BCUT2D eigenvalue weighted by Crippen LogP contribution is -2.34. The number of benzene rings is 1.